The van der Waals surface area contributed by atoms with Crippen LogP contribution in [0.5, 0.6) is 0 Å². The Morgan fingerprint density at radius 2 is 1.58 bits per heavy atom. The number of rotatable bonds is 13. The molecule has 6 nitrogen and oxygen atoms in total. The van der Waals surface area contributed by atoms with Gasteiger partial charge < -0.3 is 20.8 Å². The number of aliphatic hydroxyl groups excluding tert-OH is 2. The lowest BCUT2D eigenvalue weighted by Crippen LogP contribution is -2.67. The predicted molar refractivity (Wildman–Crippen MR) is 218 cm³/mol. The fraction of sp³-hybridized carbons (Fsp3) is 0.909. The average Bonchev–Trinajstić information content (AvgIpc) is 3.62. The first kappa shape index (κ1) is 40.9. The van der Waals surface area contributed by atoms with Crippen molar-refractivity contribution in [3.8, 4) is 0 Å². The summed E-state index contributed by atoms with van der Waals surface area (Å²) in [6.07, 6.45) is 18.8. The van der Waals surface area contributed by atoms with Gasteiger partial charge in [0.15, 0.2) is 0 Å². The van der Waals surface area contributed by atoms with Crippen LogP contribution in [0.4, 0.5) is 0 Å². The highest BCUT2D eigenvalue weighted by Crippen LogP contribution is 2.75. The number of carbonyl (C=O) groups is 2. The van der Waals surface area contributed by atoms with E-state index in [0.29, 0.717) is 42.4 Å². The van der Waals surface area contributed by atoms with Crippen molar-refractivity contribution >= 4 is 33.4 Å². The summed E-state index contributed by atoms with van der Waals surface area (Å²) in [6, 6.07) is 0. The highest BCUT2D eigenvalue weighted by molar-refractivity contribution is 8.77. The van der Waals surface area contributed by atoms with Crippen molar-refractivity contribution in [2.45, 2.75) is 175 Å². The van der Waals surface area contributed by atoms with Crippen molar-refractivity contribution in [3.63, 3.8) is 0 Å². The molecule has 4 saturated carbocycles. The van der Waals surface area contributed by atoms with Crippen molar-refractivity contribution in [1.82, 2.24) is 10.6 Å². The third kappa shape index (κ3) is 7.21. The molecule has 0 spiro atoms. The summed E-state index contributed by atoms with van der Waals surface area (Å²) >= 11 is 0. The average molecular weight is 759 g/mol. The molecule has 0 bridgehead atoms. The van der Waals surface area contributed by atoms with Gasteiger partial charge in [-0.25, -0.2) is 0 Å². The first-order valence-electron chi connectivity index (χ1n) is 21.5. The third-order valence-corrected chi connectivity index (χ3v) is 20.0. The minimum absolute atomic E-state index is 0.0259. The molecule has 296 valence electrons. The van der Waals surface area contributed by atoms with Gasteiger partial charge in [0.25, 0.3) is 0 Å². The Morgan fingerprint density at radius 1 is 0.846 bits per heavy atom. The minimum Gasteiger partial charge on any atom is -0.390 e. The van der Waals surface area contributed by atoms with E-state index in [9.17, 15) is 19.8 Å². The predicted octanol–water partition coefficient (Wildman–Crippen LogP) is 9.48. The van der Waals surface area contributed by atoms with Crippen LogP contribution in [-0.2, 0) is 9.59 Å². The van der Waals surface area contributed by atoms with E-state index < -0.39 is 12.2 Å². The molecule has 52 heavy (non-hydrogen) atoms. The number of carbonyl (C=O) groups excluding carboxylic acids is 2. The highest BCUT2D eigenvalue weighted by Gasteiger charge is 2.70. The second kappa shape index (κ2) is 16.0. The van der Waals surface area contributed by atoms with Crippen molar-refractivity contribution in [3.05, 3.63) is 11.6 Å². The normalized spacial score (nSPS) is 43.7. The number of hydrogen-bond donors (Lipinski definition) is 4. The first-order chi connectivity index (χ1) is 24.6. The molecule has 5 fully saturated rings. The molecule has 4 N–H and O–H groups in total. The highest BCUT2D eigenvalue weighted by atomic mass is 33.1. The van der Waals surface area contributed by atoms with E-state index in [-0.39, 0.29) is 38.9 Å². The third-order valence-electron chi connectivity index (χ3n) is 17.0. The lowest BCUT2D eigenvalue weighted by molar-refractivity contribution is -0.231. The molecule has 6 rings (SSSR count). The van der Waals surface area contributed by atoms with Gasteiger partial charge in [-0.2, -0.15) is 0 Å². The Labute approximate surface area is 324 Å². The first-order valence-corrected chi connectivity index (χ1v) is 23.9. The molecule has 0 aromatic rings. The zero-order valence-corrected chi connectivity index (χ0v) is 35.5. The fourth-order valence-corrected chi connectivity index (χ4v) is 16.6. The number of hydrogen-bond acceptors (Lipinski definition) is 6. The van der Waals surface area contributed by atoms with Crippen LogP contribution in [0.2, 0.25) is 0 Å². The zero-order chi connectivity index (χ0) is 37.5. The maximum atomic E-state index is 14.5. The molecule has 12 atom stereocenters. The van der Waals surface area contributed by atoms with Crippen LogP contribution >= 0.6 is 21.6 Å². The molecule has 0 aromatic heterocycles. The van der Waals surface area contributed by atoms with Gasteiger partial charge in [0, 0.05) is 30.5 Å². The van der Waals surface area contributed by atoms with E-state index in [1.54, 1.807) is 5.57 Å². The van der Waals surface area contributed by atoms with Gasteiger partial charge in [-0.15, -0.1) is 0 Å². The quantitative estimate of drug-likeness (QED) is 0.0849. The van der Waals surface area contributed by atoms with Crippen LogP contribution < -0.4 is 10.6 Å². The molecular formula is C44H74N2O4S2. The lowest BCUT2D eigenvalue weighted by atomic mass is 9.33. The summed E-state index contributed by atoms with van der Waals surface area (Å²) in [5.74, 6) is 3.94. The van der Waals surface area contributed by atoms with E-state index in [1.165, 1.54) is 18.6 Å². The topological polar surface area (TPSA) is 98.7 Å². The summed E-state index contributed by atoms with van der Waals surface area (Å²) in [7, 11) is 4.02. The van der Waals surface area contributed by atoms with Crippen LogP contribution in [-0.4, -0.2) is 58.3 Å². The van der Waals surface area contributed by atoms with Gasteiger partial charge in [0.2, 0.25) is 11.8 Å². The van der Waals surface area contributed by atoms with Crippen molar-refractivity contribution in [1.29, 1.82) is 0 Å². The Hall–Kier alpha value is -0.700. The summed E-state index contributed by atoms with van der Waals surface area (Å²) in [6.45, 7) is 18.3. The summed E-state index contributed by atoms with van der Waals surface area (Å²) in [4.78, 5) is 26.8. The number of aliphatic hydroxyl groups is 2. The summed E-state index contributed by atoms with van der Waals surface area (Å²) in [5, 5.41) is 29.7. The Bertz CT molecular complexity index is 1320. The molecule has 2 amide bonds. The Kier molecular flexibility index (Phi) is 12.6. The van der Waals surface area contributed by atoms with Crippen LogP contribution in [0.25, 0.3) is 0 Å². The van der Waals surface area contributed by atoms with Gasteiger partial charge in [0.1, 0.15) is 0 Å². The van der Waals surface area contributed by atoms with Gasteiger partial charge in [-0.05, 0) is 135 Å². The van der Waals surface area contributed by atoms with Crippen molar-refractivity contribution in [2.75, 3.05) is 18.8 Å². The van der Waals surface area contributed by atoms with Gasteiger partial charge in [0.05, 0.1) is 17.6 Å². The minimum atomic E-state index is -0.677. The molecular weight excluding hydrogens is 685 g/mol. The maximum Gasteiger partial charge on any atom is 0.226 e. The Balaban J connectivity index is 1.04. The van der Waals surface area contributed by atoms with E-state index in [0.717, 1.165) is 102 Å². The van der Waals surface area contributed by atoms with Gasteiger partial charge in [-0.1, -0.05) is 101 Å². The van der Waals surface area contributed by atoms with E-state index in [1.807, 2.05) is 21.6 Å². The van der Waals surface area contributed by atoms with Crippen LogP contribution in [0.3, 0.4) is 0 Å². The number of nitrogens with one attached hydrogen (secondary N) is 2. The maximum absolute atomic E-state index is 14.5. The standard InChI is InChI=1S/C44H74N2O4S2/c1-29-18-22-44(39(50)46-26-13-9-8-12-25-45-36(48)15-11-10-14-31-20-27-51-52-31)24-23-42(6)32(37(44)30(29)2)16-17-35-41(5)28-33(47)38(49)40(3,4)34(41)19-21-43(35,42)7/h16,29-31,33-35,37-38,47,49H,8-15,17-28H2,1-7H3,(H,45,48)(H,46,50). The van der Waals surface area contributed by atoms with E-state index >= 15 is 0 Å². The molecule has 6 aliphatic rings. The molecule has 0 radical (unpaired) electrons. The molecule has 8 heteroatoms. The molecule has 5 aliphatic carbocycles. The molecule has 1 heterocycles. The molecule has 1 aliphatic heterocycles. The second-order valence-corrected chi connectivity index (χ2v) is 22.7. The number of allylic oxidation sites excluding steroid dienone is 2. The molecule has 12 unspecified atom stereocenters. The van der Waals surface area contributed by atoms with Crippen molar-refractivity contribution < 1.29 is 19.8 Å². The van der Waals surface area contributed by atoms with Gasteiger partial charge in [-0.3, -0.25) is 9.59 Å². The zero-order valence-electron chi connectivity index (χ0n) is 33.9. The SMILES string of the molecule is CC1CCC2(C(=O)NCCCCCCNC(=O)CCCCC3CCSS3)CCC3(C)C(=CCC4C5(C)CC(O)C(O)C(C)(C)C5CCC43C)C2C1C. The van der Waals surface area contributed by atoms with Crippen molar-refractivity contribution in [2.24, 2.45) is 56.7 Å². The smallest absolute Gasteiger partial charge is 0.226 e. The summed E-state index contributed by atoms with van der Waals surface area (Å²) < 4.78 is 0. The molecule has 0 aromatic carbocycles. The van der Waals surface area contributed by atoms with E-state index in [2.05, 4.69) is 65.2 Å². The van der Waals surface area contributed by atoms with Crippen LogP contribution in [0.1, 0.15) is 158 Å². The lowest BCUT2D eigenvalue weighted by Gasteiger charge is -2.71. The van der Waals surface area contributed by atoms with Crippen LogP contribution in [0.15, 0.2) is 11.6 Å². The molecule has 1 saturated heterocycles. The number of fused-ring (bicyclic) bond motifs is 7. The Morgan fingerprint density at radius 3 is 2.29 bits per heavy atom. The largest absolute Gasteiger partial charge is 0.390 e. The second-order valence-electron chi connectivity index (χ2n) is 19.9. The number of unbranched alkanes of at least 4 members (excludes halogenated alkanes) is 4. The van der Waals surface area contributed by atoms with E-state index in [4.69, 9.17) is 0 Å². The monoisotopic (exact) mass is 759 g/mol. The number of amides is 2. The fourth-order valence-electron chi connectivity index (χ4n) is 13.5. The van der Waals surface area contributed by atoms with Gasteiger partial charge >= 0.3 is 0 Å². The summed E-state index contributed by atoms with van der Waals surface area (Å²) in [5.41, 5.74) is 1.03. The van der Waals surface area contributed by atoms with Crippen LogP contribution in [0, 0.1) is 56.7 Å².